The van der Waals surface area contributed by atoms with Gasteiger partial charge in [-0.05, 0) is 18.2 Å². The lowest BCUT2D eigenvalue weighted by Gasteiger charge is -2.12. The smallest absolute Gasteiger partial charge is 0.160 e. The van der Waals surface area contributed by atoms with Crippen LogP contribution in [0.15, 0.2) is 0 Å². The molecule has 0 bridgehead atoms. The molecule has 0 heterocycles. The van der Waals surface area contributed by atoms with E-state index in [4.69, 9.17) is 0 Å². The van der Waals surface area contributed by atoms with Crippen LogP contribution in [0.5, 0.6) is 0 Å². The van der Waals surface area contributed by atoms with Crippen LogP contribution in [-0.4, -0.2) is 10.8 Å². The lowest BCUT2D eigenvalue weighted by Crippen LogP contribution is -2.08. The highest BCUT2D eigenvalue weighted by Gasteiger charge is 2.30. The number of hydrogen-bond donors (Lipinski definition) is 0. The number of thioether (sulfide) groups is 1. The molecule has 1 unspecified atom stereocenters. The zero-order chi connectivity index (χ0) is 8.91. The van der Waals surface area contributed by atoms with Gasteiger partial charge < -0.3 is 0 Å². The first kappa shape index (κ1) is 11.1. The second-order valence-electron chi connectivity index (χ2n) is 2.52. The Bertz CT molecular complexity index is 100. The maximum Gasteiger partial charge on any atom is 0.442 e. The number of alkyl halides is 3. The van der Waals surface area contributed by atoms with Crippen LogP contribution in [0.25, 0.3) is 0 Å². The van der Waals surface area contributed by atoms with E-state index in [0.29, 0.717) is 6.42 Å². The highest BCUT2D eigenvalue weighted by molar-refractivity contribution is 8.00. The summed E-state index contributed by atoms with van der Waals surface area (Å²) < 4.78 is 35.1. The van der Waals surface area contributed by atoms with Crippen LogP contribution in [0.4, 0.5) is 13.2 Å². The van der Waals surface area contributed by atoms with Gasteiger partial charge in [-0.3, -0.25) is 0 Å². The highest BCUT2D eigenvalue weighted by Crippen LogP contribution is 2.35. The third-order valence-electron chi connectivity index (χ3n) is 1.30. The normalized spacial score (nSPS) is 15.0. The second kappa shape index (κ2) is 4.91. The van der Waals surface area contributed by atoms with Gasteiger partial charge in [0.05, 0.1) is 0 Å². The van der Waals surface area contributed by atoms with E-state index in [2.05, 4.69) is 0 Å². The van der Waals surface area contributed by atoms with E-state index < -0.39 is 5.51 Å². The Morgan fingerprint density at radius 3 is 2.27 bits per heavy atom. The minimum Gasteiger partial charge on any atom is -0.160 e. The summed E-state index contributed by atoms with van der Waals surface area (Å²) in [7, 11) is 0. The number of halogens is 3. The molecule has 4 heteroatoms. The third-order valence-corrected chi connectivity index (χ3v) is 2.20. The standard InChI is InChI=1S/C7H13F3S/c1-3-4-5-6(2)11-7(8,9)10/h6H,3-5H2,1-2H3. The van der Waals surface area contributed by atoms with E-state index in [9.17, 15) is 13.2 Å². The van der Waals surface area contributed by atoms with E-state index in [0.717, 1.165) is 12.8 Å². The highest BCUT2D eigenvalue weighted by atomic mass is 32.2. The summed E-state index contributed by atoms with van der Waals surface area (Å²) in [4.78, 5) is 0. The first-order valence-corrected chi connectivity index (χ1v) is 4.58. The summed E-state index contributed by atoms with van der Waals surface area (Å²) in [6.45, 7) is 3.60. The van der Waals surface area contributed by atoms with Crippen molar-refractivity contribution in [2.75, 3.05) is 0 Å². The molecule has 0 aliphatic carbocycles. The van der Waals surface area contributed by atoms with Gasteiger partial charge in [0.1, 0.15) is 0 Å². The summed E-state index contributed by atoms with van der Waals surface area (Å²) in [5, 5.41) is -0.296. The molecular weight excluding hydrogens is 173 g/mol. The number of unbranched alkanes of at least 4 members (excludes halogenated alkanes) is 1. The molecule has 0 nitrogen and oxygen atoms in total. The van der Waals surface area contributed by atoms with Crippen LogP contribution >= 0.6 is 11.8 Å². The molecule has 1 atom stereocenters. The summed E-state index contributed by atoms with van der Waals surface area (Å²) >= 11 is 0.0967. The fraction of sp³-hybridized carbons (Fsp3) is 1.00. The lowest BCUT2D eigenvalue weighted by atomic mass is 10.2. The zero-order valence-corrected chi connectivity index (χ0v) is 7.56. The Labute approximate surface area is 69.5 Å². The van der Waals surface area contributed by atoms with E-state index >= 15 is 0 Å². The van der Waals surface area contributed by atoms with Gasteiger partial charge >= 0.3 is 5.51 Å². The average molecular weight is 186 g/mol. The van der Waals surface area contributed by atoms with Crippen molar-refractivity contribution in [3.05, 3.63) is 0 Å². The van der Waals surface area contributed by atoms with E-state index in [1.165, 1.54) is 0 Å². The van der Waals surface area contributed by atoms with Crippen LogP contribution in [0.2, 0.25) is 0 Å². The largest absolute Gasteiger partial charge is 0.442 e. The van der Waals surface area contributed by atoms with Crippen molar-refractivity contribution >= 4 is 11.8 Å². The molecular formula is C7H13F3S. The number of rotatable bonds is 4. The number of hydrogen-bond acceptors (Lipinski definition) is 1. The fourth-order valence-electron chi connectivity index (χ4n) is 0.779. The van der Waals surface area contributed by atoms with Crippen molar-refractivity contribution < 1.29 is 13.2 Å². The average Bonchev–Trinajstić information content (AvgIpc) is 1.79. The molecule has 0 saturated carbocycles. The molecule has 0 saturated heterocycles. The molecule has 0 aromatic rings. The molecule has 0 radical (unpaired) electrons. The van der Waals surface area contributed by atoms with Gasteiger partial charge in [-0.1, -0.05) is 26.7 Å². The van der Waals surface area contributed by atoms with Crippen molar-refractivity contribution in [1.29, 1.82) is 0 Å². The quantitative estimate of drug-likeness (QED) is 0.643. The maximum atomic E-state index is 11.7. The van der Waals surface area contributed by atoms with Crippen LogP contribution in [0, 0.1) is 0 Å². The van der Waals surface area contributed by atoms with Crippen LogP contribution in [0.3, 0.4) is 0 Å². The van der Waals surface area contributed by atoms with Gasteiger partial charge in [0.15, 0.2) is 0 Å². The minimum absolute atomic E-state index is 0.0967. The maximum absolute atomic E-state index is 11.7. The summed E-state index contributed by atoms with van der Waals surface area (Å²) in [5.74, 6) is 0. The SMILES string of the molecule is CCCCC(C)SC(F)(F)F. The van der Waals surface area contributed by atoms with Gasteiger partial charge in [0.25, 0.3) is 0 Å². The molecule has 0 aliphatic heterocycles. The van der Waals surface area contributed by atoms with Crippen LogP contribution in [0.1, 0.15) is 33.1 Å². The van der Waals surface area contributed by atoms with Crippen molar-refractivity contribution in [2.45, 2.75) is 43.9 Å². The first-order valence-electron chi connectivity index (χ1n) is 3.70. The lowest BCUT2D eigenvalue weighted by molar-refractivity contribution is -0.0333. The summed E-state index contributed by atoms with van der Waals surface area (Å²) in [5.41, 5.74) is -4.06. The Kier molecular flexibility index (Phi) is 4.97. The van der Waals surface area contributed by atoms with E-state index in [-0.39, 0.29) is 17.0 Å². The topological polar surface area (TPSA) is 0 Å². The molecule has 0 rings (SSSR count). The molecule has 0 fully saturated rings. The van der Waals surface area contributed by atoms with Crippen molar-refractivity contribution in [3.8, 4) is 0 Å². The zero-order valence-electron chi connectivity index (χ0n) is 6.74. The predicted molar refractivity (Wildman–Crippen MR) is 42.6 cm³/mol. The second-order valence-corrected chi connectivity index (χ2v) is 4.02. The fourth-order valence-corrected chi connectivity index (χ4v) is 1.52. The van der Waals surface area contributed by atoms with Gasteiger partial charge in [0, 0.05) is 5.25 Å². The van der Waals surface area contributed by atoms with Crippen molar-refractivity contribution in [1.82, 2.24) is 0 Å². The van der Waals surface area contributed by atoms with Gasteiger partial charge in [-0.2, -0.15) is 13.2 Å². The van der Waals surface area contributed by atoms with Crippen molar-refractivity contribution in [3.63, 3.8) is 0 Å². The van der Waals surface area contributed by atoms with E-state index in [1.807, 2.05) is 6.92 Å². The monoisotopic (exact) mass is 186 g/mol. The first-order chi connectivity index (χ1) is 4.95. The molecule has 0 aromatic carbocycles. The molecule has 0 spiro atoms. The van der Waals surface area contributed by atoms with Gasteiger partial charge in [-0.25, -0.2) is 0 Å². The molecule has 0 aliphatic rings. The molecule has 0 aromatic heterocycles. The van der Waals surface area contributed by atoms with E-state index in [1.54, 1.807) is 6.92 Å². The van der Waals surface area contributed by atoms with Gasteiger partial charge in [0.2, 0.25) is 0 Å². The minimum atomic E-state index is -4.06. The van der Waals surface area contributed by atoms with Crippen molar-refractivity contribution in [2.24, 2.45) is 0 Å². The predicted octanol–water partition coefficient (Wildman–Crippen LogP) is 3.82. The molecule has 68 valence electrons. The van der Waals surface area contributed by atoms with Crippen LogP contribution < -0.4 is 0 Å². The summed E-state index contributed by atoms with van der Waals surface area (Å²) in [6, 6.07) is 0. The molecule has 0 amide bonds. The molecule has 11 heavy (non-hydrogen) atoms. The molecule has 0 N–H and O–H groups in total. The Balaban J connectivity index is 3.44. The Morgan fingerprint density at radius 1 is 1.36 bits per heavy atom. The van der Waals surface area contributed by atoms with Crippen LogP contribution in [-0.2, 0) is 0 Å². The Hall–Kier alpha value is 0.140. The third kappa shape index (κ3) is 8.04. The van der Waals surface area contributed by atoms with Gasteiger partial charge in [-0.15, -0.1) is 0 Å². The Morgan fingerprint density at radius 2 is 1.91 bits per heavy atom. The summed E-state index contributed by atoms with van der Waals surface area (Å²) in [6.07, 6.45) is 2.49.